The summed E-state index contributed by atoms with van der Waals surface area (Å²) < 4.78 is 5.11. The van der Waals surface area contributed by atoms with Crippen molar-refractivity contribution < 1.29 is 9.53 Å². The molecular formula is C13H15NO2. The molecule has 1 amide bonds. The van der Waals surface area contributed by atoms with Gasteiger partial charge in [-0.2, -0.15) is 0 Å². The van der Waals surface area contributed by atoms with E-state index in [1.165, 1.54) is 0 Å². The number of nitrogens with zero attached hydrogens (tertiary/aromatic N) is 1. The van der Waals surface area contributed by atoms with E-state index in [1.807, 2.05) is 36.5 Å². The van der Waals surface area contributed by atoms with Crippen LogP contribution in [0.25, 0.3) is 0 Å². The van der Waals surface area contributed by atoms with E-state index in [1.54, 1.807) is 12.0 Å². The fraction of sp³-hybridized carbons (Fsp3) is 0.308. The molecule has 1 unspecified atom stereocenters. The van der Waals surface area contributed by atoms with Gasteiger partial charge in [0.1, 0.15) is 5.75 Å². The first-order valence-electron chi connectivity index (χ1n) is 5.38. The maximum Gasteiger partial charge on any atom is 0.214 e. The molecule has 0 bridgehead atoms. The molecule has 1 heterocycles. The molecule has 0 saturated carbocycles. The minimum Gasteiger partial charge on any atom is -0.497 e. The number of rotatable bonds is 3. The molecule has 0 fully saturated rings. The Balaban J connectivity index is 2.21. The average Bonchev–Trinajstić information content (AvgIpc) is 2.39. The van der Waals surface area contributed by atoms with Crippen molar-refractivity contribution in [2.75, 3.05) is 7.11 Å². The zero-order valence-electron chi connectivity index (χ0n) is 9.30. The van der Waals surface area contributed by atoms with E-state index in [9.17, 15) is 4.79 Å². The van der Waals surface area contributed by atoms with Gasteiger partial charge in [-0.1, -0.05) is 18.2 Å². The lowest BCUT2D eigenvalue weighted by Gasteiger charge is -2.28. The van der Waals surface area contributed by atoms with Gasteiger partial charge in [0.25, 0.3) is 0 Å². The molecule has 0 N–H and O–H groups in total. The van der Waals surface area contributed by atoms with E-state index < -0.39 is 0 Å². The van der Waals surface area contributed by atoms with Crippen LogP contribution in [0.4, 0.5) is 0 Å². The zero-order chi connectivity index (χ0) is 11.4. The van der Waals surface area contributed by atoms with Crippen molar-refractivity contribution in [3.05, 3.63) is 42.1 Å². The highest BCUT2D eigenvalue weighted by Crippen LogP contribution is 2.29. The number of hydrogen-bond donors (Lipinski definition) is 0. The smallest absolute Gasteiger partial charge is 0.214 e. The second-order valence-corrected chi connectivity index (χ2v) is 3.80. The van der Waals surface area contributed by atoms with E-state index in [4.69, 9.17) is 4.74 Å². The van der Waals surface area contributed by atoms with Gasteiger partial charge in [-0.05, 0) is 30.5 Å². The first kappa shape index (κ1) is 10.7. The molecule has 1 aromatic rings. The third-order valence-corrected chi connectivity index (χ3v) is 2.87. The molecule has 0 saturated heterocycles. The number of allylic oxidation sites excluding steroid dienone is 1. The molecule has 0 aliphatic carbocycles. The Morgan fingerprint density at radius 2 is 2.12 bits per heavy atom. The van der Waals surface area contributed by atoms with E-state index in [0.29, 0.717) is 0 Å². The highest BCUT2D eigenvalue weighted by molar-refractivity contribution is 5.51. The number of hydrogen-bond acceptors (Lipinski definition) is 2. The van der Waals surface area contributed by atoms with Crippen LogP contribution in [-0.2, 0) is 4.79 Å². The van der Waals surface area contributed by atoms with Gasteiger partial charge < -0.3 is 9.64 Å². The Labute approximate surface area is 95.3 Å². The van der Waals surface area contributed by atoms with Crippen LogP contribution in [0, 0.1) is 0 Å². The Bertz CT molecular complexity index is 383. The van der Waals surface area contributed by atoms with E-state index in [2.05, 4.69) is 0 Å². The lowest BCUT2D eigenvalue weighted by atomic mass is 9.98. The second-order valence-electron chi connectivity index (χ2n) is 3.80. The van der Waals surface area contributed by atoms with Gasteiger partial charge in [0.15, 0.2) is 0 Å². The highest BCUT2D eigenvalue weighted by Gasteiger charge is 2.19. The van der Waals surface area contributed by atoms with E-state index >= 15 is 0 Å². The summed E-state index contributed by atoms with van der Waals surface area (Å²) in [5, 5.41) is 0. The van der Waals surface area contributed by atoms with Crippen LogP contribution < -0.4 is 4.74 Å². The third-order valence-electron chi connectivity index (χ3n) is 2.87. The van der Waals surface area contributed by atoms with Crippen molar-refractivity contribution in [3.63, 3.8) is 0 Å². The number of ether oxygens (including phenoxy) is 1. The van der Waals surface area contributed by atoms with Crippen molar-refractivity contribution in [2.24, 2.45) is 0 Å². The van der Waals surface area contributed by atoms with Gasteiger partial charge in [0, 0.05) is 6.20 Å². The summed E-state index contributed by atoms with van der Waals surface area (Å²) >= 11 is 0. The number of benzene rings is 1. The predicted molar refractivity (Wildman–Crippen MR) is 62.0 cm³/mol. The summed E-state index contributed by atoms with van der Waals surface area (Å²) in [5.41, 5.74) is 1.15. The second kappa shape index (κ2) is 4.84. The van der Waals surface area contributed by atoms with Crippen molar-refractivity contribution in [3.8, 4) is 5.75 Å². The van der Waals surface area contributed by atoms with Crippen molar-refractivity contribution in [1.82, 2.24) is 4.90 Å². The minimum atomic E-state index is 0.161. The van der Waals surface area contributed by atoms with E-state index in [-0.39, 0.29) is 6.04 Å². The standard InChI is InChI=1S/C13H15NO2/c1-16-12-7-5-11(6-8-12)13-4-2-3-9-14(13)10-15/h3,5-10,13H,2,4H2,1H3. The summed E-state index contributed by atoms with van der Waals surface area (Å²) in [6.07, 6.45) is 6.74. The van der Waals surface area contributed by atoms with Crippen LogP contribution in [0.1, 0.15) is 24.4 Å². The van der Waals surface area contributed by atoms with Crippen LogP contribution in [0.2, 0.25) is 0 Å². The van der Waals surface area contributed by atoms with Crippen LogP contribution in [0.5, 0.6) is 5.75 Å². The molecule has 1 aliphatic rings. The van der Waals surface area contributed by atoms with Gasteiger partial charge >= 0.3 is 0 Å². The van der Waals surface area contributed by atoms with Crippen molar-refractivity contribution >= 4 is 6.41 Å². The van der Waals surface area contributed by atoms with E-state index in [0.717, 1.165) is 30.6 Å². The van der Waals surface area contributed by atoms with Gasteiger partial charge in [0.2, 0.25) is 6.41 Å². The first-order chi connectivity index (χ1) is 7.85. The summed E-state index contributed by atoms with van der Waals surface area (Å²) in [6.45, 7) is 0. The van der Waals surface area contributed by atoms with Crippen LogP contribution in [0.3, 0.4) is 0 Å². The molecule has 0 aromatic heterocycles. The molecule has 3 heteroatoms. The number of methoxy groups -OCH3 is 1. The summed E-state index contributed by atoms with van der Waals surface area (Å²) in [4.78, 5) is 12.6. The fourth-order valence-corrected chi connectivity index (χ4v) is 1.98. The predicted octanol–water partition coefficient (Wildman–Crippen LogP) is 2.50. The molecular weight excluding hydrogens is 202 g/mol. The fourth-order valence-electron chi connectivity index (χ4n) is 1.98. The molecule has 1 aromatic carbocycles. The van der Waals surface area contributed by atoms with Gasteiger partial charge in [-0.25, -0.2) is 0 Å². The normalized spacial score (nSPS) is 19.6. The molecule has 3 nitrogen and oxygen atoms in total. The average molecular weight is 217 g/mol. The lowest BCUT2D eigenvalue weighted by Crippen LogP contribution is -2.24. The molecule has 84 valence electrons. The van der Waals surface area contributed by atoms with Gasteiger partial charge in [-0.3, -0.25) is 4.79 Å². The number of carbonyl (C=O) groups is 1. The van der Waals surface area contributed by atoms with Gasteiger partial charge in [0.05, 0.1) is 13.2 Å². The van der Waals surface area contributed by atoms with Crippen LogP contribution >= 0.6 is 0 Å². The SMILES string of the molecule is COc1ccc(C2CCC=CN2C=O)cc1. The molecule has 0 radical (unpaired) electrons. The van der Waals surface area contributed by atoms with Crippen LogP contribution in [0.15, 0.2) is 36.5 Å². The quantitative estimate of drug-likeness (QED) is 0.728. The molecule has 1 atom stereocenters. The monoisotopic (exact) mass is 217 g/mol. The molecule has 2 rings (SSSR count). The van der Waals surface area contributed by atoms with Crippen molar-refractivity contribution in [2.45, 2.75) is 18.9 Å². The summed E-state index contributed by atoms with van der Waals surface area (Å²) in [5.74, 6) is 0.841. The largest absolute Gasteiger partial charge is 0.497 e. The van der Waals surface area contributed by atoms with Gasteiger partial charge in [-0.15, -0.1) is 0 Å². The van der Waals surface area contributed by atoms with Crippen molar-refractivity contribution in [1.29, 1.82) is 0 Å². The summed E-state index contributed by atoms with van der Waals surface area (Å²) in [7, 11) is 1.65. The Hall–Kier alpha value is -1.77. The molecule has 1 aliphatic heterocycles. The zero-order valence-corrected chi connectivity index (χ0v) is 9.30. The number of carbonyl (C=O) groups excluding carboxylic acids is 1. The number of amides is 1. The maximum atomic E-state index is 10.9. The highest BCUT2D eigenvalue weighted by atomic mass is 16.5. The Morgan fingerprint density at radius 3 is 2.75 bits per heavy atom. The first-order valence-corrected chi connectivity index (χ1v) is 5.38. The Kier molecular flexibility index (Phi) is 3.25. The molecule has 16 heavy (non-hydrogen) atoms. The topological polar surface area (TPSA) is 29.5 Å². The lowest BCUT2D eigenvalue weighted by molar-refractivity contribution is -0.118. The summed E-state index contributed by atoms with van der Waals surface area (Å²) in [6, 6.07) is 8.04. The Morgan fingerprint density at radius 1 is 1.38 bits per heavy atom. The maximum absolute atomic E-state index is 10.9. The molecule has 0 spiro atoms. The van der Waals surface area contributed by atoms with Crippen LogP contribution in [-0.4, -0.2) is 18.4 Å². The minimum absolute atomic E-state index is 0.161. The third kappa shape index (κ3) is 2.08.